The van der Waals surface area contributed by atoms with Gasteiger partial charge in [-0.2, -0.15) is 5.26 Å². The number of hydrogen-bond acceptors (Lipinski definition) is 2. The van der Waals surface area contributed by atoms with Crippen LogP contribution < -0.4 is 5.32 Å². The maximum Gasteiger partial charge on any atom is 0.225 e. The Labute approximate surface area is 106 Å². The number of nitrogens with zero attached hydrogens (tertiary/aromatic N) is 1. The van der Waals surface area contributed by atoms with Crippen molar-refractivity contribution in [1.29, 1.82) is 5.26 Å². The van der Waals surface area contributed by atoms with Crippen molar-refractivity contribution >= 4 is 17.5 Å². The van der Waals surface area contributed by atoms with E-state index in [0.29, 0.717) is 11.4 Å². The lowest BCUT2D eigenvalue weighted by atomic mass is 10.0. The standard InChI is InChI=1S/C13H15ClN2O/c1-3-13(2,9-15)16-12(17)8-10-4-6-11(14)7-5-10/h4-7H,3,8H2,1-2H3,(H,16,17)/t13-/m0/s1. The predicted octanol–water partition coefficient (Wildman–Crippen LogP) is 2.69. The molecule has 0 unspecified atom stereocenters. The number of carbonyl (C=O) groups excluding carboxylic acids is 1. The van der Waals surface area contributed by atoms with Crippen molar-refractivity contribution in [3.8, 4) is 6.07 Å². The predicted molar refractivity (Wildman–Crippen MR) is 67.6 cm³/mol. The van der Waals surface area contributed by atoms with Crippen LogP contribution in [0.3, 0.4) is 0 Å². The van der Waals surface area contributed by atoms with Crippen LogP contribution in [0, 0.1) is 11.3 Å². The summed E-state index contributed by atoms with van der Waals surface area (Å²) in [7, 11) is 0. The van der Waals surface area contributed by atoms with Crippen LogP contribution in [0.5, 0.6) is 0 Å². The largest absolute Gasteiger partial charge is 0.338 e. The fourth-order valence-electron chi connectivity index (χ4n) is 1.33. The van der Waals surface area contributed by atoms with E-state index in [0.717, 1.165) is 5.56 Å². The highest BCUT2D eigenvalue weighted by Crippen LogP contribution is 2.11. The molecule has 0 aliphatic rings. The molecule has 4 heteroatoms. The van der Waals surface area contributed by atoms with Gasteiger partial charge in [0, 0.05) is 5.02 Å². The molecule has 0 saturated heterocycles. The number of amides is 1. The Morgan fingerprint density at radius 3 is 2.53 bits per heavy atom. The topological polar surface area (TPSA) is 52.9 Å². The summed E-state index contributed by atoms with van der Waals surface area (Å²) in [5, 5.41) is 12.3. The number of nitriles is 1. The third-order valence-corrected chi connectivity index (χ3v) is 2.90. The molecular formula is C13H15ClN2O. The average molecular weight is 251 g/mol. The molecule has 1 amide bonds. The smallest absolute Gasteiger partial charge is 0.225 e. The molecule has 1 atom stereocenters. The highest BCUT2D eigenvalue weighted by molar-refractivity contribution is 6.30. The number of nitrogens with one attached hydrogen (secondary N) is 1. The molecule has 0 saturated carbocycles. The Kier molecular flexibility index (Phi) is 4.53. The van der Waals surface area contributed by atoms with Crippen molar-refractivity contribution in [3.05, 3.63) is 34.9 Å². The Morgan fingerprint density at radius 2 is 2.06 bits per heavy atom. The van der Waals surface area contributed by atoms with E-state index in [9.17, 15) is 4.79 Å². The number of rotatable bonds is 4. The van der Waals surface area contributed by atoms with Gasteiger partial charge in [-0.15, -0.1) is 0 Å². The minimum atomic E-state index is -0.788. The van der Waals surface area contributed by atoms with Crippen molar-refractivity contribution in [3.63, 3.8) is 0 Å². The second kappa shape index (κ2) is 5.70. The molecule has 1 aromatic carbocycles. The van der Waals surface area contributed by atoms with Gasteiger partial charge >= 0.3 is 0 Å². The third kappa shape index (κ3) is 4.08. The van der Waals surface area contributed by atoms with Gasteiger partial charge in [0.2, 0.25) is 5.91 Å². The second-order valence-electron chi connectivity index (χ2n) is 4.15. The number of carbonyl (C=O) groups is 1. The van der Waals surface area contributed by atoms with E-state index >= 15 is 0 Å². The van der Waals surface area contributed by atoms with Crippen molar-refractivity contribution in [1.82, 2.24) is 5.32 Å². The van der Waals surface area contributed by atoms with Crippen LogP contribution in [0.4, 0.5) is 0 Å². The molecule has 17 heavy (non-hydrogen) atoms. The highest BCUT2D eigenvalue weighted by atomic mass is 35.5. The maximum absolute atomic E-state index is 11.7. The molecule has 0 bridgehead atoms. The lowest BCUT2D eigenvalue weighted by Gasteiger charge is -2.21. The quantitative estimate of drug-likeness (QED) is 0.893. The van der Waals surface area contributed by atoms with Gasteiger partial charge in [0.15, 0.2) is 0 Å². The monoisotopic (exact) mass is 250 g/mol. The number of benzene rings is 1. The van der Waals surface area contributed by atoms with Crippen molar-refractivity contribution in [2.45, 2.75) is 32.2 Å². The van der Waals surface area contributed by atoms with E-state index in [4.69, 9.17) is 16.9 Å². The fraction of sp³-hybridized carbons (Fsp3) is 0.385. The first kappa shape index (κ1) is 13.5. The van der Waals surface area contributed by atoms with Crippen LogP contribution in [-0.4, -0.2) is 11.4 Å². The molecule has 1 N–H and O–H groups in total. The summed E-state index contributed by atoms with van der Waals surface area (Å²) in [6.45, 7) is 3.58. The van der Waals surface area contributed by atoms with Crippen LogP contribution >= 0.6 is 11.6 Å². The third-order valence-electron chi connectivity index (χ3n) is 2.65. The molecule has 1 aromatic rings. The van der Waals surface area contributed by atoms with E-state index < -0.39 is 5.54 Å². The van der Waals surface area contributed by atoms with Gasteiger partial charge in [0.05, 0.1) is 12.5 Å². The summed E-state index contributed by atoms with van der Waals surface area (Å²) in [4.78, 5) is 11.7. The molecule has 0 fully saturated rings. The minimum absolute atomic E-state index is 0.154. The summed E-state index contributed by atoms with van der Waals surface area (Å²) in [6, 6.07) is 9.19. The van der Waals surface area contributed by atoms with Crippen molar-refractivity contribution < 1.29 is 4.79 Å². The molecule has 1 rings (SSSR count). The SMILES string of the molecule is CC[C@@](C)(C#N)NC(=O)Cc1ccc(Cl)cc1. The van der Waals surface area contributed by atoms with Gasteiger partial charge in [-0.25, -0.2) is 0 Å². The zero-order valence-electron chi connectivity index (χ0n) is 9.96. The molecule has 0 aromatic heterocycles. The summed E-state index contributed by atoms with van der Waals surface area (Å²) < 4.78 is 0. The number of halogens is 1. The Bertz CT molecular complexity index is 436. The van der Waals surface area contributed by atoms with Crippen molar-refractivity contribution in [2.75, 3.05) is 0 Å². The van der Waals surface area contributed by atoms with Gasteiger partial charge in [0.25, 0.3) is 0 Å². The van der Waals surface area contributed by atoms with E-state index in [1.54, 1.807) is 31.2 Å². The first-order valence-corrected chi connectivity index (χ1v) is 5.83. The maximum atomic E-state index is 11.7. The van der Waals surface area contributed by atoms with Gasteiger partial charge in [-0.05, 0) is 31.0 Å². The highest BCUT2D eigenvalue weighted by Gasteiger charge is 2.23. The molecule has 0 spiro atoms. The molecular weight excluding hydrogens is 236 g/mol. The summed E-state index contributed by atoms with van der Waals surface area (Å²) in [5.41, 5.74) is 0.0899. The van der Waals surface area contributed by atoms with Crippen LogP contribution in [0.2, 0.25) is 5.02 Å². The molecule has 0 aliphatic heterocycles. The normalized spacial score (nSPS) is 13.5. The summed E-state index contributed by atoms with van der Waals surface area (Å²) in [6.07, 6.45) is 0.838. The summed E-state index contributed by atoms with van der Waals surface area (Å²) >= 11 is 5.76. The van der Waals surface area contributed by atoms with E-state index in [1.807, 2.05) is 6.92 Å². The lowest BCUT2D eigenvalue weighted by Crippen LogP contribution is -2.44. The van der Waals surface area contributed by atoms with Crippen LogP contribution in [0.25, 0.3) is 0 Å². The molecule has 90 valence electrons. The molecule has 0 aliphatic carbocycles. The lowest BCUT2D eigenvalue weighted by molar-refractivity contribution is -0.121. The van der Waals surface area contributed by atoms with Gasteiger partial charge < -0.3 is 5.32 Å². The molecule has 0 heterocycles. The van der Waals surface area contributed by atoms with Crippen LogP contribution in [0.15, 0.2) is 24.3 Å². The van der Waals surface area contributed by atoms with Crippen molar-refractivity contribution in [2.24, 2.45) is 0 Å². The Morgan fingerprint density at radius 1 is 1.47 bits per heavy atom. The Hall–Kier alpha value is -1.53. The van der Waals surface area contributed by atoms with Gasteiger partial charge in [-0.1, -0.05) is 30.7 Å². The van der Waals surface area contributed by atoms with Gasteiger partial charge in [-0.3, -0.25) is 4.79 Å². The van der Waals surface area contributed by atoms with Gasteiger partial charge in [0.1, 0.15) is 5.54 Å². The Balaban J connectivity index is 2.62. The van der Waals surface area contributed by atoms with E-state index in [-0.39, 0.29) is 12.3 Å². The van der Waals surface area contributed by atoms with E-state index in [1.165, 1.54) is 0 Å². The van der Waals surface area contributed by atoms with Crippen LogP contribution in [0.1, 0.15) is 25.8 Å². The minimum Gasteiger partial charge on any atom is -0.338 e. The first-order valence-electron chi connectivity index (χ1n) is 5.46. The second-order valence-corrected chi connectivity index (χ2v) is 4.59. The van der Waals surface area contributed by atoms with Crippen LogP contribution in [-0.2, 0) is 11.2 Å². The van der Waals surface area contributed by atoms with E-state index in [2.05, 4.69) is 11.4 Å². The average Bonchev–Trinajstić information content (AvgIpc) is 2.32. The first-order chi connectivity index (χ1) is 7.99. The zero-order valence-corrected chi connectivity index (χ0v) is 10.7. The fourth-order valence-corrected chi connectivity index (χ4v) is 1.46. The zero-order chi connectivity index (χ0) is 12.9. The number of hydrogen-bond donors (Lipinski definition) is 1. The molecule has 0 radical (unpaired) electrons. The summed E-state index contributed by atoms with van der Waals surface area (Å²) in [5.74, 6) is -0.154. The molecule has 3 nitrogen and oxygen atoms in total.